The third-order valence-electron chi connectivity index (χ3n) is 5.11. The SMILES string of the molecule is COCC(=O)N1CCc2c(nnn2C)C1COCCN1CCCC1.O=C(O)C(F)(F)F. The molecule has 10 nitrogen and oxygen atoms in total. The second-order valence-electron chi connectivity index (χ2n) is 7.26. The van der Waals surface area contributed by atoms with Crippen LogP contribution in [0.15, 0.2) is 0 Å². The van der Waals surface area contributed by atoms with Gasteiger partial charge in [0.15, 0.2) is 0 Å². The molecule has 1 N–H and O–H groups in total. The number of nitrogens with zero attached hydrogens (tertiary/aromatic N) is 5. The van der Waals surface area contributed by atoms with Gasteiger partial charge in [-0.3, -0.25) is 9.48 Å². The summed E-state index contributed by atoms with van der Waals surface area (Å²) < 4.78 is 44.5. The molecule has 3 rings (SSSR count). The third-order valence-corrected chi connectivity index (χ3v) is 5.11. The summed E-state index contributed by atoms with van der Waals surface area (Å²) in [5.41, 5.74) is 1.94. The zero-order valence-corrected chi connectivity index (χ0v) is 17.6. The molecule has 0 spiro atoms. The maximum Gasteiger partial charge on any atom is 0.490 e. The van der Waals surface area contributed by atoms with Crippen molar-refractivity contribution in [3.63, 3.8) is 0 Å². The number of halogens is 3. The normalized spacial score (nSPS) is 19.0. The van der Waals surface area contributed by atoms with Crippen molar-refractivity contribution >= 4 is 11.9 Å². The van der Waals surface area contributed by atoms with Crippen LogP contribution in [0.4, 0.5) is 13.2 Å². The van der Waals surface area contributed by atoms with Crippen molar-refractivity contribution in [2.75, 3.05) is 53.1 Å². The van der Waals surface area contributed by atoms with Crippen molar-refractivity contribution in [3.8, 4) is 0 Å². The molecule has 1 fully saturated rings. The fourth-order valence-corrected chi connectivity index (χ4v) is 3.54. The molecular formula is C18H28F3N5O5. The highest BCUT2D eigenvalue weighted by molar-refractivity contribution is 5.78. The molecule has 13 heteroatoms. The Labute approximate surface area is 177 Å². The van der Waals surface area contributed by atoms with Crippen LogP contribution in [0.2, 0.25) is 0 Å². The predicted molar refractivity (Wildman–Crippen MR) is 101 cm³/mol. The number of aryl methyl sites for hydroxylation is 1. The van der Waals surface area contributed by atoms with Crippen LogP contribution in [0.3, 0.4) is 0 Å². The zero-order chi connectivity index (χ0) is 23.0. The molecule has 2 aliphatic rings. The van der Waals surface area contributed by atoms with E-state index in [1.807, 2.05) is 11.9 Å². The molecule has 0 aliphatic carbocycles. The van der Waals surface area contributed by atoms with Crippen LogP contribution < -0.4 is 0 Å². The Bertz CT molecular complexity index is 737. The van der Waals surface area contributed by atoms with Gasteiger partial charge in [0, 0.05) is 33.7 Å². The first-order chi connectivity index (χ1) is 14.6. The topological polar surface area (TPSA) is 110 Å². The number of likely N-dealkylation sites (tertiary alicyclic amines) is 1. The maximum atomic E-state index is 12.3. The molecular weight excluding hydrogens is 423 g/mol. The quantitative estimate of drug-likeness (QED) is 0.602. The molecule has 31 heavy (non-hydrogen) atoms. The number of methoxy groups -OCH3 is 1. The molecule has 0 radical (unpaired) electrons. The lowest BCUT2D eigenvalue weighted by molar-refractivity contribution is -0.192. The Morgan fingerprint density at radius 3 is 2.45 bits per heavy atom. The Morgan fingerprint density at radius 2 is 1.87 bits per heavy atom. The van der Waals surface area contributed by atoms with E-state index in [4.69, 9.17) is 19.4 Å². The van der Waals surface area contributed by atoms with Gasteiger partial charge in [0.2, 0.25) is 5.91 Å². The number of aliphatic carboxylic acids is 1. The van der Waals surface area contributed by atoms with Crippen LogP contribution in [0.25, 0.3) is 0 Å². The number of fused-ring (bicyclic) bond motifs is 1. The lowest BCUT2D eigenvalue weighted by atomic mass is 10.0. The summed E-state index contributed by atoms with van der Waals surface area (Å²) in [7, 11) is 3.43. The number of ether oxygens (including phenoxy) is 2. The molecule has 3 heterocycles. The summed E-state index contributed by atoms with van der Waals surface area (Å²) in [6.45, 7) is 5.15. The summed E-state index contributed by atoms with van der Waals surface area (Å²) in [5, 5.41) is 15.5. The summed E-state index contributed by atoms with van der Waals surface area (Å²) in [6.07, 6.45) is -1.76. The number of carbonyl (C=O) groups is 2. The number of hydrogen-bond acceptors (Lipinski definition) is 7. The van der Waals surface area contributed by atoms with E-state index in [1.165, 1.54) is 33.0 Å². The number of rotatable bonds is 7. The first kappa shape index (κ1) is 25.0. The molecule has 1 aromatic rings. The minimum Gasteiger partial charge on any atom is -0.475 e. The van der Waals surface area contributed by atoms with Crippen LogP contribution in [0.1, 0.15) is 30.3 Å². The van der Waals surface area contributed by atoms with Crippen molar-refractivity contribution in [2.24, 2.45) is 7.05 Å². The lowest BCUT2D eigenvalue weighted by Crippen LogP contribution is -2.44. The van der Waals surface area contributed by atoms with Crippen molar-refractivity contribution in [2.45, 2.75) is 31.5 Å². The molecule has 0 saturated carbocycles. The summed E-state index contributed by atoms with van der Waals surface area (Å²) >= 11 is 0. The third kappa shape index (κ3) is 7.14. The van der Waals surface area contributed by atoms with Gasteiger partial charge in [-0.15, -0.1) is 5.10 Å². The molecule has 1 unspecified atom stereocenters. The van der Waals surface area contributed by atoms with Crippen LogP contribution in [0.5, 0.6) is 0 Å². The van der Waals surface area contributed by atoms with Gasteiger partial charge in [0.25, 0.3) is 0 Å². The van der Waals surface area contributed by atoms with Crippen LogP contribution in [-0.4, -0.2) is 101 Å². The lowest BCUT2D eigenvalue weighted by Gasteiger charge is -2.34. The summed E-state index contributed by atoms with van der Waals surface area (Å²) in [4.78, 5) is 25.5. The van der Waals surface area contributed by atoms with E-state index in [1.54, 1.807) is 4.68 Å². The largest absolute Gasteiger partial charge is 0.490 e. The number of carboxylic acids is 1. The van der Waals surface area contributed by atoms with Crippen molar-refractivity contribution in [3.05, 3.63) is 11.4 Å². The van der Waals surface area contributed by atoms with Crippen LogP contribution in [-0.2, 0) is 32.5 Å². The van der Waals surface area contributed by atoms with Crippen molar-refractivity contribution < 1.29 is 37.3 Å². The molecule has 2 aliphatic heterocycles. The number of aromatic nitrogens is 3. The van der Waals surface area contributed by atoms with Gasteiger partial charge in [-0.2, -0.15) is 13.2 Å². The fraction of sp³-hybridized carbons (Fsp3) is 0.778. The highest BCUT2D eigenvalue weighted by Gasteiger charge is 2.38. The predicted octanol–water partition coefficient (Wildman–Crippen LogP) is 0.633. The Kier molecular flexibility index (Phi) is 9.19. The molecule has 1 atom stereocenters. The average molecular weight is 451 g/mol. The number of amides is 1. The molecule has 1 aromatic heterocycles. The second-order valence-corrected chi connectivity index (χ2v) is 7.26. The first-order valence-electron chi connectivity index (χ1n) is 9.92. The van der Waals surface area contributed by atoms with Crippen LogP contribution in [0, 0.1) is 0 Å². The molecule has 1 saturated heterocycles. The molecule has 0 bridgehead atoms. The maximum absolute atomic E-state index is 12.3. The Hall–Kier alpha value is -2.25. The average Bonchev–Trinajstić information content (AvgIpc) is 3.35. The van der Waals surface area contributed by atoms with E-state index >= 15 is 0 Å². The van der Waals surface area contributed by atoms with E-state index in [9.17, 15) is 18.0 Å². The fourth-order valence-electron chi connectivity index (χ4n) is 3.54. The van der Waals surface area contributed by atoms with E-state index < -0.39 is 12.1 Å². The molecule has 176 valence electrons. The minimum absolute atomic E-state index is 0.0260. The van der Waals surface area contributed by atoms with Crippen molar-refractivity contribution in [1.29, 1.82) is 0 Å². The Balaban J connectivity index is 0.000000423. The van der Waals surface area contributed by atoms with E-state index in [-0.39, 0.29) is 18.6 Å². The van der Waals surface area contributed by atoms with Gasteiger partial charge in [-0.1, -0.05) is 5.21 Å². The van der Waals surface area contributed by atoms with E-state index in [2.05, 4.69) is 15.2 Å². The van der Waals surface area contributed by atoms with Gasteiger partial charge in [0.1, 0.15) is 18.3 Å². The number of alkyl halides is 3. The smallest absolute Gasteiger partial charge is 0.475 e. The van der Waals surface area contributed by atoms with Gasteiger partial charge < -0.3 is 24.4 Å². The summed E-state index contributed by atoms with van der Waals surface area (Å²) in [5.74, 6) is -2.78. The molecule has 1 amide bonds. The van der Waals surface area contributed by atoms with Gasteiger partial charge in [-0.05, 0) is 25.9 Å². The number of hydrogen-bond donors (Lipinski definition) is 1. The van der Waals surface area contributed by atoms with Crippen LogP contribution >= 0.6 is 0 Å². The molecule has 0 aromatic carbocycles. The highest BCUT2D eigenvalue weighted by Crippen LogP contribution is 2.28. The number of carbonyl (C=O) groups excluding carboxylic acids is 1. The first-order valence-corrected chi connectivity index (χ1v) is 9.92. The second kappa shape index (κ2) is 11.4. The minimum atomic E-state index is -5.08. The standard InChI is InChI=1S/C16H27N5O3.C2HF3O2/c1-19-13-5-8-21(15(22)12-23-2)14(16(13)17-18-19)11-24-10-9-20-6-3-4-7-20;3-2(4,5)1(6)7/h14H,3-12H2,1-2H3;(H,6,7). The van der Waals surface area contributed by atoms with Crippen molar-refractivity contribution in [1.82, 2.24) is 24.8 Å². The highest BCUT2D eigenvalue weighted by atomic mass is 19.4. The van der Waals surface area contributed by atoms with Gasteiger partial charge >= 0.3 is 12.1 Å². The van der Waals surface area contributed by atoms with E-state index in [0.29, 0.717) is 19.8 Å². The summed E-state index contributed by atoms with van der Waals surface area (Å²) in [6, 6.07) is -0.177. The van der Waals surface area contributed by atoms with E-state index in [0.717, 1.165) is 24.4 Å². The number of carboxylic acid groups (broad SMARTS) is 1. The van der Waals surface area contributed by atoms with Gasteiger partial charge in [-0.25, -0.2) is 4.79 Å². The zero-order valence-electron chi connectivity index (χ0n) is 17.6. The Morgan fingerprint density at radius 1 is 1.23 bits per heavy atom. The van der Waals surface area contributed by atoms with Gasteiger partial charge in [0.05, 0.1) is 18.9 Å². The monoisotopic (exact) mass is 451 g/mol.